The van der Waals surface area contributed by atoms with E-state index in [4.69, 9.17) is 10.8 Å². The van der Waals surface area contributed by atoms with Crippen LogP contribution in [-0.4, -0.2) is 57.7 Å². The molecule has 11 heteroatoms. The average Bonchev–Trinajstić information content (AvgIpc) is 2.54. The third kappa shape index (κ3) is 2.88. The molecule has 0 aliphatic carbocycles. The Labute approximate surface area is 131 Å². The number of halogens is 2. The second kappa shape index (κ2) is 5.63. The van der Waals surface area contributed by atoms with Gasteiger partial charge in [0.2, 0.25) is 5.91 Å². The normalized spacial score (nSPS) is 24.5. The van der Waals surface area contributed by atoms with Crippen molar-refractivity contribution in [2.45, 2.75) is 25.1 Å². The summed E-state index contributed by atoms with van der Waals surface area (Å²) in [5.74, 6) is -3.33. The first-order valence-corrected chi connectivity index (χ1v) is 5.53. The van der Waals surface area contributed by atoms with Gasteiger partial charge in [-0.15, -0.1) is 0 Å². The van der Waals surface area contributed by atoms with E-state index < -0.39 is 36.1 Å². The summed E-state index contributed by atoms with van der Waals surface area (Å²) < 4.78 is 26.1. The van der Waals surface area contributed by atoms with Crippen LogP contribution < -0.4 is 24.6 Å². The number of amides is 3. The molecule has 0 aromatic carbocycles. The Morgan fingerprint density at radius 2 is 2.14 bits per heavy atom. The molecule has 21 heavy (non-hydrogen) atoms. The van der Waals surface area contributed by atoms with E-state index in [1.54, 1.807) is 0 Å². The minimum atomic E-state index is -4.54. The molecule has 2 atom stereocenters. The minimum absolute atomic E-state index is 0. The fraction of sp³-hybridized carbons (Fsp3) is 0.500. The number of nitrogens with zero attached hydrogens (tertiary/aromatic N) is 2. The van der Waals surface area contributed by atoms with Crippen molar-refractivity contribution >= 4 is 17.9 Å². The molecule has 2 bridgehead atoms. The molecule has 2 heterocycles. The Balaban J connectivity index is 0.00000220. The van der Waals surface area contributed by atoms with Crippen LogP contribution in [0.15, 0.2) is 11.6 Å². The molecule has 0 radical (unpaired) electrons. The number of carbonyl (C=O) groups excluding carboxylic acids is 2. The monoisotopic (exact) mass is 299 g/mol. The van der Waals surface area contributed by atoms with Crippen LogP contribution in [0.2, 0.25) is 0 Å². The van der Waals surface area contributed by atoms with Gasteiger partial charge in [-0.1, -0.05) is 6.08 Å². The summed E-state index contributed by atoms with van der Waals surface area (Å²) in [6.07, 6.45) is -3.17. The largest absolute Gasteiger partial charge is 1.00 e. The molecule has 0 aromatic rings. The molecule has 2 aliphatic rings. The minimum Gasteiger partial charge on any atom is -1.00 e. The van der Waals surface area contributed by atoms with Crippen molar-refractivity contribution in [2.24, 2.45) is 5.73 Å². The van der Waals surface area contributed by atoms with Gasteiger partial charge < -0.3 is 17.2 Å². The zero-order valence-corrected chi connectivity index (χ0v) is 11.2. The molecular formula is C10H12F2LiN3O5. The number of carboxylic acids is 1. The van der Waals surface area contributed by atoms with E-state index in [1.807, 2.05) is 0 Å². The van der Waals surface area contributed by atoms with Crippen molar-refractivity contribution in [1.29, 1.82) is 0 Å². The molecule has 1 saturated heterocycles. The van der Waals surface area contributed by atoms with Crippen LogP contribution in [-0.2, 0) is 14.4 Å². The Morgan fingerprint density at radius 1 is 1.57 bits per heavy atom. The number of rotatable bonds is 4. The number of nitrogens with two attached hydrogens (primary N) is 1. The SMILES string of the molecule is CC1=C[C@@H]2CN(C(=O)N2OC(F)(F)C(=O)O)[C@@H]1C(N)=O.[H-].[Li+]. The van der Waals surface area contributed by atoms with Gasteiger partial charge in [-0.05, 0) is 12.5 Å². The van der Waals surface area contributed by atoms with Crippen molar-refractivity contribution < 1.29 is 53.4 Å². The van der Waals surface area contributed by atoms with E-state index in [9.17, 15) is 23.2 Å². The van der Waals surface area contributed by atoms with Crippen molar-refractivity contribution in [3.8, 4) is 0 Å². The van der Waals surface area contributed by atoms with Crippen molar-refractivity contribution in [3.63, 3.8) is 0 Å². The van der Waals surface area contributed by atoms with Crippen LogP contribution in [0.4, 0.5) is 13.6 Å². The van der Waals surface area contributed by atoms with Crippen LogP contribution in [0.5, 0.6) is 0 Å². The van der Waals surface area contributed by atoms with Gasteiger partial charge in [-0.3, -0.25) is 4.79 Å². The molecular weight excluding hydrogens is 287 g/mol. The van der Waals surface area contributed by atoms with Gasteiger partial charge in [0, 0.05) is 0 Å². The summed E-state index contributed by atoms with van der Waals surface area (Å²) in [7, 11) is 0. The van der Waals surface area contributed by atoms with Crippen molar-refractivity contribution in [1.82, 2.24) is 9.96 Å². The summed E-state index contributed by atoms with van der Waals surface area (Å²) in [6, 6.07) is -2.98. The maximum absolute atomic E-state index is 13.0. The number of hydrogen-bond acceptors (Lipinski definition) is 4. The maximum atomic E-state index is 13.0. The smallest absolute Gasteiger partial charge is 1.00 e. The second-order valence-electron chi connectivity index (χ2n) is 4.46. The molecule has 2 rings (SSSR count). The topological polar surface area (TPSA) is 113 Å². The Kier molecular flexibility index (Phi) is 4.67. The van der Waals surface area contributed by atoms with Crippen LogP contribution in [0, 0.1) is 0 Å². The molecule has 8 nitrogen and oxygen atoms in total. The number of carboxylic acid groups (broad SMARTS) is 1. The Morgan fingerprint density at radius 3 is 2.62 bits per heavy atom. The maximum Gasteiger partial charge on any atom is 1.00 e. The summed E-state index contributed by atoms with van der Waals surface area (Å²) >= 11 is 0. The first-order valence-electron chi connectivity index (χ1n) is 5.53. The van der Waals surface area contributed by atoms with Gasteiger partial charge in [0.05, 0.1) is 12.6 Å². The standard InChI is InChI=1S/C10H11F2N3O5.Li.H/c1-4-2-5-3-14(6(4)7(13)16)9(19)15(5)20-10(11,12)8(17)18;;/h2,5-6H,3H2,1H3,(H2,13,16)(H,17,18);;/q;+1;-1/t5-,6+;;/m1../s1. The van der Waals surface area contributed by atoms with Gasteiger partial charge >= 0.3 is 37.0 Å². The van der Waals surface area contributed by atoms with Crippen LogP contribution in [0.3, 0.4) is 0 Å². The van der Waals surface area contributed by atoms with Crippen LogP contribution >= 0.6 is 0 Å². The predicted molar refractivity (Wildman–Crippen MR) is 59.2 cm³/mol. The molecule has 112 valence electrons. The van der Waals surface area contributed by atoms with E-state index in [1.165, 1.54) is 13.0 Å². The molecule has 0 spiro atoms. The third-order valence-corrected chi connectivity index (χ3v) is 3.05. The van der Waals surface area contributed by atoms with Crippen LogP contribution in [0.1, 0.15) is 8.35 Å². The van der Waals surface area contributed by atoms with E-state index in [0.717, 1.165) is 4.90 Å². The summed E-state index contributed by atoms with van der Waals surface area (Å²) in [4.78, 5) is 38.5. The van der Waals surface area contributed by atoms with Gasteiger partial charge in [0.1, 0.15) is 6.04 Å². The van der Waals surface area contributed by atoms with E-state index in [0.29, 0.717) is 5.57 Å². The molecule has 1 fully saturated rings. The van der Waals surface area contributed by atoms with Gasteiger partial charge in [0.15, 0.2) is 0 Å². The Hall–Kier alpha value is -1.63. The molecule has 3 amide bonds. The number of alkyl halides is 2. The first-order chi connectivity index (χ1) is 9.15. The van der Waals surface area contributed by atoms with E-state index in [-0.39, 0.29) is 31.9 Å². The van der Waals surface area contributed by atoms with E-state index >= 15 is 0 Å². The third-order valence-electron chi connectivity index (χ3n) is 3.05. The summed E-state index contributed by atoms with van der Waals surface area (Å²) in [5.41, 5.74) is 5.56. The van der Waals surface area contributed by atoms with Gasteiger partial charge in [-0.25, -0.2) is 9.59 Å². The van der Waals surface area contributed by atoms with Gasteiger partial charge in [0.25, 0.3) is 0 Å². The zero-order valence-electron chi connectivity index (χ0n) is 12.2. The molecule has 0 aromatic heterocycles. The number of fused-ring (bicyclic) bond motifs is 2. The predicted octanol–water partition coefficient (Wildman–Crippen LogP) is -3.37. The Bertz CT molecular complexity index is 533. The molecule has 3 N–H and O–H groups in total. The van der Waals surface area contributed by atoms with Crippen molar-refractivity contribution in [2.75, 3.05) is 6.54 Å². The number of primary amides is 1. The number of hydroxylamine groups is 2. The van der Waals surface area contributed by atoms with Gasteiger partial charge in [-0.2, -0.15) is 18.7 Å². The van der Waals surface area contributed by atoms with Crippen molar-refractivity contribution in [3.05, 3.63) is 11.6 Å². The first kappa shape index (κ1) is 17.4. The number of urea groups is 1. The molecule has 0 saturated carbocycles. The zero-order chi connectivity index (χ0) is 15.2. The number of hydrogen-bond donors (Lipinski definition) is 2. The van der Waals surface area contributed by atoms with Crippen LogP contribution in [0.25, 0.3) is 0 Å². The van der Waals surface area contributed by atoms with E-state index in [2.05, 4.69) is 4.84 Å². The summed E-state index contributed by atoms with van der Waals surface area (Å²) in [5, 5.41) is 8.56. The average molecular weight is 299 g/mol. The number of aliphatic carboxylic acids is 1. The second-order valence-corrected chi connectivity index (χ2v) is 4.46. The molecule has 0 unspecified atom stereocenters. The molecule has 2 aliphatic heterocycles. The fourth-order valence-electron chi connectivity index (χ4n) is 2.25. The summed E-state index contributed by atoms with van der Waals surface area (Å²) in [6.45, 7) is 1.43. The number of carbonyl (C=O) groups is 3. The quantitative estimate of drug-likeness (QED) is 0.415. The fourth-order valence-corrected chi connectivity index (χ4v) is 2.25.